The molecular weight excluding hydrogens is 288 g/mol. The monoisotopic (exact) mass is 308 g/mol. The third-order valence-corrected chi connectivity index (χ3v) is 4.34. The van der Waals surface area contributed by atoms with Gasteiger partial charge in [-0.05, 0) is 18.2 Å². The smallest absolute Gasteiger partial charge is 0.158 e. The first kappa shape index (κ1) is 14.2. The van der Waals surface area contributed by atoms with Gasteiger partial charge in [-0.25, -0.2) is 0 Å². The topological polar surface area (TPSA) is 37.6 Å². The van der Waals surface area contributed by atoms with E-state index in [2.05, 4.69) is 28.4 Å². The highest BCUT2D eigenvalue weighted by molar-refractivity contribution is 6.00. The molecule has 0 amide bonds. The lowest BCUT2D eigenvalue weighted by Crippen LogP contribution is -2.43. The van der Waals surface area contributed by atoms with Crippen LogP contribution >= 0.6 is 0 Å². The second kappa shape index (κ2) is 5.97. The normalized spacial score (nSPS) is 15.1. The number of methoxy groups -OCH3 is 1. The van der Waals surface area contributed by atoms with E-state index in [0.717, 1.165) is 54.2 Å². The van der Waals surface area contributed by atoms with Crippen molar-refractivity contribution >= 4 is 16.7 Å². The van der Waals surface area contributed by atoms with E-state index in [9.17, 15) is 0 Å². The predicted molar refractivity (Wildman–Crippen MR) is 93.3 cm³/mol. The Bertz CT molecular complexity index is 805. The summed E-state index contributed by atoms with van der Waals surface area (Å²) in [7, 11) is 1.70. The molecule has 1 fully saturated rings. The fourth-order valence-corrected chi connectivity index (χ4v) is 3.18. The fourth-order valence-electron chi connectivity index (χ4n) is 3.18. The highest BCUT2D eigenvalue weighted by atomic mass is 16.5. The Morgan fingerprint density at radius 2 is 1.83 bits per heavy atom. The average Bonchev–Trinajstić information content (AvgIpc) is 3.01. The molecule has 1 aliphatic heterocycles. The van der Waals surface area contributed by atoms with Crippen LogP contribution < -0.4 is 15.0 Å². The zero-order chi connectivity index (χ0) is 15.6. The van der Waals surface area contributed by atoms with Crippen LogP contribution in [-0.2, 0) is 0 Å². The van der Waals surface area contributed by atoms with Crippen LogP contribution in [0.1, 0.15) is 0 Å². The Morgan fingerprint density at radius 3 is 2.57 bits per heavy atom. The Kier molecular flexibility index (Phi) is 3.67. The van der Waals surface area contributed by atoms with Gasteiger partial charge >= 0.3 is 0 Å². The van der Waals surface area contributed by atoms with E-state index in [0.29, 0.717) is 0 Å². The molecule has 0 bridgehead atoms. The zero-order valence-electron chi connectivity index (χ0n) is 13.2. The minimum atomic E-state index is 0.856. The lowest BCUT2D eigenvalue weighted by Gasteiger charge is -2.29. The van der Waals surface area contributed by atoms with Gasteiger partial charge < -0.3 is 19.4 Å². The lowest BCUT2D eigenvalue weighted by molar-refractivity contribution is 0.415. The zero-order valence-corrected chi connectivity index (χ0v) is 13.2. The summed E-state index contributed by atoms with van der Waals surface area (Å²) >= 11 is 0. The molecule has 1 aliphatic rings. The van der Waals surface area contributed by atoms with Crippen molar-refractivity contribution in [2.75, 3.05) is 38.2 Å². The highest BCUT2D eigenvalue weighted by Gasteiger charge is 2.23. The molecule has 0 spiro atoms. The summed E-state index contributed by atoms with van der Waals surface area (Å²) in [6, 6.07) is 16.3. The minimum absolute atomic E-state index is 0.856. The maximum absolute atomic E-state index is 6.22. The van der Waals surface area contributed by atoms with Crippen LogP contribution in [0.25, 0.3) is 22.3 Å². The summed E-state index contributed by atoms with van der Waals surface area (Å²) in [4.78, 5) is 2.41. The molecule has 1 N–H and O–H groups in total. The van der Waals surface area contributed by atoms with Crippen LogP contribution in [0.3, 0.4) is 0 Å². The maximum Gasteiger partial charge on any atom is 0.158 e. The molecule has 1 saturated heterocycles. The summed E-state index contributed by atoms with van der Waals surface area (Å²) in [6.07, 6.45) is 0. The second-order valence-corrected chi connectivity index (χ2v) is 5.74. The van der Waals surface area contributed by atoms with Gasteiger partial charge in [0.05, 0.1) is 12.8 Å². The van der Waals surface area contributed by atoms with Crippen molar-refractivity contribution in [3.8, 4) is 17.1 Å². The van der Waals surface area contributed by atoms with Crippen LogP contribution in [0.5, 0.6) is 5.75 Å². The molecule has 1 aromatic heterocycles. The first-order chi connectivity index (χ1) is 11.4. The molecule has 23 heavy (non-hydrogen) atoms. The van der Waals surface area contributed by atoms with E-state index < -0.39 is 0 Å². The third-order valence-electron chi connectivity index (χ3n) is 4.34. The summed E-state index contributed by atoms with van der Waals surface area (Å²) < 4.78 is 11.6. The van der Waals surface area contributed by atoms with Gasteiger partial charge in [0.25, 0.3) is 0 Å². The molecule has 0 unspecified atom stereocenters. The number of hydrogen-bond acceptors (Lipinski definition) is 4. The van der Waals surface area contributed by atoms with Crippen molar-refractivity contribution in [1.29, 1.82) is 0 Å². The third kappa shape index (κ3) is 2.55. The molecule has 3 aromatic rings. The van der Waals surface area contributed by atoms with Crippen molar-refractivity contribution < 1.29 is 9.15 Å². The molecule has 0 saturated carbocycles. The number of rotatable bonds is 3. The SMILES string of the molecule is COc1ccc2oc(-c3ccccc3)c(N3CCNCC3)c2c1. The quantitative estimate of drug-likeness (QED) is 0.803. The van der Waals surface area contributed by atoms with Gasteiger partial charge in [-0.1, -0.05) is 30.3 Å². The Hall–Kier alpha value is -2.46. The fraction of sp³-hybridized carbons (Fsp3) is 0.263. The van der Waals surface area contributed by atoms with Gasteiger partial charge in [0.2, 0.25) is 0 Å². The number of hydrogen-bond donors (Lipinski definition) is 1. The Morgan fingerprint density at radius 1 is 1.04 bits per heavy atom. The van der Waals surface area contributed by atoms with E-state index in [1.54, 1.807) is 7.11 Å². The summed E-state index contributed by atoms with van der Waals surface area (Å²) in [6.45, 7) is 3.94. The maximum atomic E-state index is 6.22. The molecule has 4 heteroatoms. The molecule has 2 heterocycles. The van der Waals surface area contributed by atoms with Crippen LogP contribution in [0.15, 0.2) is 52.9 Å². The standard InChI is InChI=1S/C19H20N2O2/c1-22-15-7-8-17-16(13-15)18(21-11-9-20-10-12-21)19(23-17)14-5-3-2-4-6-14/h2-8,13,20H,9-12H2,1H3. The van der Waals surface area contributed by atoms with Crippen molar-refractivity contribution in [3.05, 3.63) is 48.5 Å². The number of nitrogens with one attached hydrogen (secondary N) is 1. The van der Waals surface area contributed by atoms with E-state index in [1.165, 1.54) is 5.69 Å². The average molecular weight is 308 g/mol. The molecule has 0 atom stereocenters. The number of ether oxygens (including phenoxy) is 1. The van der Waals surface area contributed by atoms with Crippen LogP contribution in [-0.4, -0.2) is 33.3 Å². The summed E-state index contributed by atoms with van der Waals surface area (Å²) in [5.41, 5.74) is 3.18. The first-order valence-electron chi connectivity index (χ1n) is 7.98. The van der Waals surface area contributed by atoms with Crippen LogP contribution in [0.4, 0.5) is 5.69 Å². The van der Waals surface area contributed by atoms with E-state index >= 15 is 0 Å². The van der Waals surface area contributed by atoms with Crippen molar-refractivity contribution in [2.45, 2.75) is 0 Å². The molecule has 118 valence electrons. The number of fused-ring (bicyclic) bond motifs is 1. The Balaban J connectivity index is 1.93. The molecule has 2 aromatic carbocycles. The molecule has 0 aliphatic carbocycles. The number of nitrogens with zero attached hydrogens (tertiary/aromatic N) is 1. The van der Waals surface area contributed by atoms with Gasteiger partial charge in [-0.3, -0.25) is 0 Å². The van der Waals surface area contributed by atoms with E-state index in [4.69, 9.17) is 9.15 Å². The molecule has 0 radical (unpaired) electrons. The molecule has 4 nitrogen and oxygen atoms in total. The van der Waals surface area contributed by atoms with Crippen molar-refractivity contribution in [3.63, 3.8) is 0 Å². The van der Waals surface area contributed by atoms with Gasteiger partial charge in [-0.15, -0.1) is 0 Å². The second-order valence-electron chi connectivity index (χ2n) is 5.74. The number of furan rings is 1. The van der Waals surface area contributed by atoms with Gasteiger partial charge in [0.1, 0.15) is 11.3 Å². The first-order valence-corrected chi connectivity index (χ1v) is 7.98. The van der Waals surface area contributed by atoms with Crippen LogP contribution in [0.2, 0.25) is 0 Å². The summed E-state index contributed by atoms with van der Waals surface area (Å²) in [5.74, 6) is 1.80. The van der Waals surface area contributed by atoms with E-state index in [1.807, 2.05) is 30.3 Å². The van der Waals surface area contributed by atoms with Crippen molar-refractivity contribution in [2.24, 2.45) is 0 Å². The highest BCUT2D eigenvalue weighted by Crippen LogP contribution is 2.41. The predicted octanol–water partition coefficient (Wildman–Crippen LogP) is 3.52. The largest absolute Gasteiger partial charge is 0.497 e. The minimum Gasteiger partial charge on any atom is -0.497 e. The number of anilines is 1. The van der Waals surface area contributed by atoms with E-state index in [-0.39, 0.29) is 0 Å². The van der Waals surface area contributed by atoms with Crippen LogP contribution in [0, 0.1) is 0 Å². The number of benzene rings is 2. The number of piperazine rings is 1. The molecule has 4 rings (SSSR count). The summed E-state index contributed by atoms with van der Waals surface area (Å²) in [5, 5.41) is 4.53. The molecular formula is C19H20N2O2. The lowest BCUT2D eigenvalue weighted by atomic mass is 10.1. The van der Waals surface area contributed by atoms with Gasteiger partial charge in [-0.2, -0.15) is 0 Å². The van der Waals surface area contributed by atoms with Crippen molar-refractivity contribution in [1.82, 2.24) is 5.32 Å². The van der Waals surface area contributed by atoms with Gasteiger partial charge in [0.15, 0.2) is 5.76 Å². The Labute approximate surface area is 135 Å². The van der Waals surface area contributed by atoms with Gasteiger partial charge in [0, 0.05) is 37.1 Å².